The third kappa shape index (κ3) is 3.29. The van der Waals surface area contributed by atoms with Gasteiger partial charge in [-0.3, -0.25) is 5.32 Å². The maximum absolute atomic E-state index is 13.4. The lowest BCUT2D eigenvalue weighted by atomic mass is 10.1. The quantitative estimate of drug-likeness (QED) is 0.913. The van der Waals surface area contributed by atoms with Crippen LogP contribution in [-0.4, -0.2) is 6.54 Å². The molecule has 4 heteroatoms. The molecule has 80 valence electrons. The maximum atomic E-state index is 13.4. The van der Waals surface area contributed by atoms with Gasteiger partial charge in [-0.2, -0.15) is 5.26 Å². The van der Waals surface area contributed by atoms with Crippen LogP contribution in [0.3, 0.4) is 0 Å². The normalized spacial score (nSPS) is 12.1. The van der Waals surface area contributed by atoms with Crippen molar-refractivity contribution in [3.63, 3.8) is 0 Å². The Morgan fingerprint density at radius 3 is 2.93 bits per heavy atom. The maximum Gasteiger partial charge on any atom is 0.129 e. The predicted molar refractivity (Wildman–Crippen MR) is 60.7 cm³/mol. The minimum absolute atomic E-state index is 0.353. The zero-order valence-electron chi connectivity index (χ0n) is 8.43. The third-order valence-electron chi connectivity index (χ3n) is 2.00. The summed E-state index contributed by atoms with van der Waals surface area (Å²) in [7, 11) is 0. The van der Waals surface area contributed by atoms with Crippen LogP contribution in [0.1, 0.15) is 24.9 Å². The Kier molecular flexibility index (Phi) is 4.73. The predicted octanol–water partition coefficient (Wildman–Crippen LogP) is 3.15. The number of benzene rings is 1. The van der Waals surface area contributed by atoms with E-state index in [0.717, 1.165) is 10.9 Å². The van der Waals surface area contributed by atoms with E-state index in [1.165, 1.54) is 6.07 Å². The van der Waals surface area contributed by atoms with E-state index in [2.05, 4.69) is 21.2 Å². The molecule has 0 heterocycles. The van der Waals surface area contributed by atoms with Gasteiger partial charge in [0.05, 0.1) is 6.07 Å². The molecule has 2 nitrogen and oxygen atoms in total. The third-order valence-corrected chi connectivity index (χ3v) is 2.49. The smallest absolute Gasteiger partial charge is 0.129 e. The second kappa shape index (κ2) is 5.84. The van der Waals surface area contributed by atoms with Gasteiger partial charge in [-0.25, -0.2) is 4.39 Å². The van der Waals surface area contributed by atoms with Crippen molar-refractivity contribution in [1.82, 2.24) is 5.32 Å². The van der Waals surface area contributed by atoms with Crippen molar-refractivity contribution < 1.29 is 4.39 Å². The fourth-order valence-corrected chi connectivity index (χ4v) is 1.63. The summed E-state index contributed by atoms with van der Waals surface area (Å²) in [6, 6.07) is 6.08. The van der Waals surface area contributed by atoms with Crippen LogP contribution < -0.4 is 5.32 Å². The number of rotatable bonds is 4. The van der Waals surface area contributed by atoms with Crippen LogP contribution in [0.15, 0.2) is 22.7 Å². The average molecular weight is 271 g/mol. The Bertz CT molecular complexity index is 373. The van der Waals surface area contributed by atoms with Gasteiger partial charge in [0.1, 0.15) is 11.9 Å². The molecule has 0 saturated heterocycles. The van der Waals surface area contributed by atoms with E-state index in [-0.39, 0.29) is 5.82 Å². The lowest BCUT2D eigenvalue weighted by Crippen LogP contribution is -2.21. The highest BCUT2D eigenvalue weighted by atomic mass is 79.9. The van der Waals surface area contributed by atoms with Gasteiger partial charge < -0.3 is 0 Å². The lowest BCUT2D eigenvalue weighted by Gasteiger charge is -2.12. The zero-order valence-corrected chi connectivity index (χ0v) is 10.0. The Balaban J connectivity index is 2.91. The van der Waals surface area contributed by atoms with Crippen molar-refractivity contribution in [1.29, 1.82) is 5.26 Å². The molecule has 0 aliphatic heterocycles. The average Bonchev–Trinajstić information content (AvgIpc) is 2.24. The van der Waals surface area contributed by atoms with E-state index < -0.39 is 6.04 Å². The SMILES string of the molecule is CCCNC(C#N)c1cc(Br)ccc1F. The molecule has 1 aromatic rings. The molecule has 0 aliphatic rings. The largest absolute Gasteiger partial charge is 0.298 e. The van der Waals surface area contributed by atoms with Crippen LogP contribution >= 0.6 is 15.9 Å². The summed E-state index contributed by atoms with van der Waals surface area (Å²) in [6.07, 6.45) is 0.911. The van der Waals surface area contributed by atoms with E-state index in [0.29, 0.717) is 12.1 Å². The monoisotopic (exact) mass is 270 g/mol. The molecular formula is C11H12BrFN2. The highest BCUT2D eigenvalue weighted by Crippen LogP contribution is 2.21. The van der Waals surface area contributed by atoms with Crippen molar-refractivity contribution in [3.05, 3.63) is 34.1 Å². The van der Waals surface area contributed by atoms with Gasteiger partial charge >= 0.3 is 0 Å². The van der Waals surface area contributed by atoms with Crippen LogP contribution in [0, 0.1) is 17.1 Å². The van der Waals surface area contributed by atoms with E-state index in [4.69, 9.17) is 5.26 Å². The first-order valence-electron chi connectivity index (χ1n) is 4.77. The molecule has 0 saturated carbocycles. The molecule has 0 spiro atoms. The Labute approximate surface area is 97.2 Å². The van der Waals surface area contributed by atoms with Gasteiger partial charge in [-0.05, 0) is 31.2 Å². The topological polar surface area (TPSA) is 35.8 Å². The zero-order chi connectivity index (χ0) is 11.3. The molecule has 15 heavy (non-hydrogen) atoms. The van der Waals surface area contributed by atoms with Crippen LogP contribution in [0.5, 0.6) is 0 Å². The number of nitrogens with zero attached hydrogens (tertiary/aromatic N) is 1. The van der Waals surface area contributed by atoms with Gasteiger partial charge in [0.25, 0.3) is 0 Å². The molecule has 0 radical (unpaired) electrons. The molecule has 0 aliphatic carbocycles. The Morgan fingerprint density at radius 2 is 2.33 bits per heavy atom. The van der Waals surface area contributed by atoms with Crippen molar-refractivity contribution in [2.24, 2.45) is 0 Å². The van der Waals surface area contributed by atoms with E-state index in [1.54, 1.807) is 12.1 Å². The number of nitriles is 1. The number of hydrogen-bond acceptors (Lipinski definition) is 2. The molecule has 0 bridgehead atoms. The van der Waals surface area contributed by atoms with Crippen molar-refractivity contribution in [3.8, 4) is 6.07 Å². The molecule has 1 atom stereocenters. The number of hydrogen-bond donors (Lipinski definition) is 1. The fourth-order valence-electron chi connectivity index (χ4n) is 1.25. The minimum Gasteiger partial charge on any atom is -0.298 e. The first-order chi connectivity index (χ1) is 7.19. The molecule has 1 N–H and O–H groups in total. The lowest BCUT2D eigenvalue weighted by molar-refractivity contribution is 0.560. The fraction of sp³-hybridized carbons (Fsp3) is 0.364. The molecule has 0 amide bonds. The van der Waals surface area contributed by atoms with Crippen LogP contribution in [-0.2, 0) is 0 Å². The van der Waals surface area contributed by atoms with Gasteiger partial charge in [0.15, 0.2) is 0 Å². The summed E-state index contributed by atoms with van der Waals surface area (Å²) in [5.74, 6) is -0.353. The summed E-state index contributed by atoms with van der Waals surface area (Å²) < 4.78 is 14.2. The summed E-state index contributed by atoms with van der Waals surface area (Å²) in [5.41, 5.74) is 0.389. The molecular weight excluding hydrogens is 259 g/mol. The first kappa shape index (κ1) is 12.2. The Morgan fingerprint density at radius 1 is 1.60 bits per heavy atom. The van der Waals surface area contributed by atoms with Gasteiger partial charge in [0, 0.05) is 10.0 Å². The van der Waals surface area contributed by atoms with Crippen LogP contribution in [0.4, 0.5) is 4.39 Å². The molecule has 0 fully saturated rings. The summed E-state index contributed by atoms with van der Waals surface area (Å²) in [5, 5.41) is 11.9. The van der Waals surface area contributed by atoms with Crippen molar-refractivity contribution in [2.75, 3.05) is 6.54 Å². The Hall–Kier alpha value is -0.920. The highest BCUT2D eigenvalue weighted by molar-refractivity contribution is 9.10. The minimum atomic E-state index is -0.581. The summed E-state index contributed by atoms with van der Waals surface area (Å²) in [4.78, 5) is 0. The second-order valence-corrected chi connectivity index (χ2v) is 4.10. The molecule has 0 aromatic heterocycles. The van der Waals surface area contributed by atoms with E-state index in [1.807, 2.05) is 13.0 Å². The van der Waals surface area contributed by atoms with Crippen molar-refractivity contribution >= 4 is 15.9 Å². The van der Waals surface area contributed by atoms with E-state index >= 15 is 0 Å². The van der Waals surface area contributed by atoms with Crippen molar-refractivity contribution in [2.45, 2.75) is 19.4 Å². The highest BCUT2D eigenvalue weighted by Gasteiger charge is 2.14. The van der Waals surface area contributed by atoms with Crippen LogP contribution in [0.2, 0.25) is 0 Å². The van der Waals surface area contributed by atoms with Gasteiger partial charge in [-0.1, -0.05) is 22.9 Å². The second-order valence-electron chi connectivity index (χ2n) is 3.18. The van der Waals surface area contributed by atoms with Gasteiger partial charge in [0.2, 0.25) is 0 Å². The van der Waals surface area contributed by atoms with Crippen LogP contribution in [0.25, 0.3) is 0 Å². The summed E-state index contributed by atoms with van der Waals surface area (Å²) in [6.45, 7) is 2.70. The first-order valence-corrected chi connectivity index (χ1v) is 5.56. The molecule has 1 aromatic carbocycles. The summed E-state index contributed by atoms with van der Waals surface area (Å²) >= 11 is 3.26. The molecule has 1 rings (SSSR count). The molecule has 1 unspecified atom stereocenters. The number of halogens is 2. The van der Waals surface area contributed by atoms with E-state index in [9.17, 15) is 4.39 Å². The number of nitrogens with one attached hydrogen (secondary N) is 1. The standard InChI is InChI=1S/C11H12BrFN2/c1-2-5-15-11(7-14)9-6-8(12)3-4-10(9)13/h3-4,6,11,15H,2,5H2,1H3. The van der Waals surface area contributed by atoms with Gasteiger partial charge in [-0.15, -0.1) is 0 Å².